The van der Waals surface area contributed by atoms with Crippen LogP contribution in [0, 0.1) is 0 Å². The van der Waals surface area contributed by atoms with Gasteiger partial charge in [0, 0.05) is 38.5 Å². The lowest BCUT2D eigenvalue weighted by Crippen LogP contribution is -2.28. The first-order valence-electron chi connectivity index (χ1n) is 23.9. The van der Waals surface area contributed by atoms with Crippen LogP contribution in [0.2, 0.25) is 0 Å². The van der Waals surface area contributed by atoms with Crippen LogP contribution in [0.4, 0.5) is 17.1 Å². The first-order chi connectivity index (χ1) is 33.4. The summed E-state index contributed by atoms with van der Waals surface area (Å²) in [6, 6.07) is 85.6. The molecule has 0 unspecified atom stereocenters. The van der Waals surface area contributed by atoms with Crippen molar-refractivity contribution in [3.63, 3.8) is 0 Å². The second-order valence-corrected chi connectivity index (χ2v) is 19.6. The molecular weight excluding hydrogens is 823 g/mol. The van der Waals surface area contributed by atoms with E-state index in [0.29, 0.717) is 0 Å². The zero-order valence-electron chi connectivity index (χ0n) is 38.3. The highest BCUT2D eigenvalue weighted by Gasteiger charge is 2.47. The van der Waals surface area contributed by atoms with Gasteiger partial charge in [-0.2, -0.15) is 0 Å². The minimum Gasteiger partial charge on any atom is -0.454 e. The molecule has 2 heteroatoms. The summed E-state index contributed by atoms with van der Waals surface area (Å²) in [5.74, 6) is 0. The van der Waals surface area contributed by atoms with Crippen molar-refractivity contribution >= 4 is 39.0 Å². The fraction of sp³-hybridized carbons (Fsp3) is 0.0909. The number of hydrogen-bond acceptors (Lipinski definition) is 2. The van der Waals surface area contributed by atoms with E-state index in [9.17, 15) is 0 Å². The van der Waals surface area contributed by atoms with Gasteiger partial charge >= 0.3 is 0 Å². The molecule has 0 radical (unpaired) electrons. The molecule has 3 aliphatic carbocycles. The monoisotopic (exact) mass is 869 g/mol. The predicted octanol–water partition coefficient (Wildman–Crippen LogP) is 17.1. The van der Waals surface area contributed by atoms with Crippen molar-refractivity contribution in [1.82, 2.24) is 0 Å². The van der Waals surface area contributed by atoms with Crippen molar-refractivity contribution in [2.24, 2.45) is 0 Å². The molecule has 1 heterocycles. The molecule has 322 valence electrons. The van der Waals surface area contributed by atoms with Crippen LogP contribution in [0.3, 0.4) is 0 Å². The maximum absolute atomic E-state index is 7.51. The Morgan fingerprint density at radius 3 is 1.35 bits per heavy atom. The minimum absolute atomic E-state index is 0.188. The van der Waals surface area contributed by atoms with Crippen molar-refractivity contribution in [3.05, 3.63) is 281 Å². The Morgan fingerprint density at radius 1 is 0.324 bits per heavy atom. The van der Waals surface area contributed by atoms with Gasteiger partial charge in [0.25, 0.3) is 0 Å². The number of furan rings is 1. The molecule has 2 nitrogen and oxygen atoms in total. The summed E-state index contributed by atoms with van der Waals surface area (Å²) in [6.45, 7) is 7.12. The summed E-state index contributed by atoms with van der Waals surface area (Å²) in [7, 11) is 0. The number of benzene rings is 10. The van der Waals surface area contributed by atoms with E-state index >= 15 is 0 Å². The molecule has 14 rings (SSSR count). The van der Waals surface area contributed by atoms with E-state index in [2.05, 4.69) is 256 Å². The van der Waals surface area contributed by atoms with Crippen molar-refractivity contribution in [2.75, 3.05) is 4.90 Å². The predicted molar refractivity (Wildman–Crippen MR) is 281 cm³/mol. The zero-order chi connectivity index (χ0) is 45.4. The van der Waals surface area contributed by atoms with Crippen molar-refractivity contribution < 1.29 is 4.42 Å². The van der Waals surface area contributed by atoms with Crippen LogP contribution < -0.4 is 4.90 Å². The number of rotatable bonds is 6. The molecule has 0 saturated carbocycles. The molecule has 0 N–H and O–H groups in total. The van der Waals surface area contributed by atoms with E-state index in [0.717, 1.165) is 39.0 Å². The van der Waals surface area contributed by atoms with Crippen molar-refractivity contribution in [3.8, 4) is 33.4 Å². The maximum Gasteiger partial charge on any atom is 0.159 e. The number of para-hydroxylation sites is 2. The van der Waals surface area contributed by atoms with E-state index in [1.54, 1.807) is 0 Å². The van der Waals surface area contributed by atoms with Gasteiger partial charge in [0.2, 0.25) is 0 Å². The number of fused-ring (bicyclic) bond motifs is 12. The van der Waals surface area contributed by atoms with E-state index in [4.69, 9.17) is 4.42 Å². The summed E-state index contributed by atoms with van der Waals surface area (Å²) < 4.78 is 7.51. The zero-order valence-corrected chi connectivity index (χ0v) is 38.3. The molecule has 0 fully saturated rings. The highest BCUT2D eigenvalue weighted by atomic mass is 16.3. The summed E-state index contributed by atoms with van der Waals surface area (Å²) in [5, 5.41) is 2.21. The fourth-order valence-corrected chi connectivity index (χ4v) is 12.9. The molecule has 68 heavy (non-hydrogen) atoms. The third-order valence-corrected chi connectivity index (χ3v) is 16.0. The van der Waals surface area contributed by atoms with Gasteiger partial charge in [0.05, 0.1) is 11.1 Å². The Kier molecular flexibility index (Phi) is 8.12. The second-order valence-electron chi connectivity index (χ2n) is 19.6. The second kappa shape index (κ2) is 14.2. The largest absolute Gasteiger partial charge is 0.454 e. The summed E-state index contributed by atoms with van der Waals surface area (Å²) in [6.07, 6.45) is 0. The SMILES string of the molecule is CC1(C)c2ccccc2-c2ccc(N(c3ccc4c(c3)C(c3ccccc3)(c3ccccc3)c3ccccc3-4)c3cccc4c3oc3c(C5(C)c6ccccc6-c6ccccc65)cccc34)cc21. The first kappa shape index (κ1) is 39.0. The van der Waals surface area contributed by atoms with Gasteiger partial charge in [-0.25, -0.2) is 0 Å². The van der Waals surface area contributed by atoms with Gasteiger partial charge in [-0.05, 0) is 115 Å². The van der Waals surface area contributed by atoms with Gasteiger partial charge in [-0.1, -0.05) is 214 Å². The quantitative estimate of drug-likeness (QED) is 0.166. The summed E-state index contributed by atoms with van der Waals surface area (Å²) in [4.78, 5) is 2.47. The average Bonchev–Trinajstić information content (AvgIpc) is 4.08. The van der Waals surface area contributed by atoms with Crippen LogP contribution in [0.1, 0.15) is 70.8 Å². The molecule has 0 spiro atoms. The van der Waals surface area contributed by atoms with E-state index in [-0.39, 0.29) is 5.41 Å². The topological polar surface area (TPSA) is 16.4 Å². The lowest BCUT2D eigenvalue weighted by molar-refractivity contribution is 0.638. The third kappa shape index (κ3) is 5.07. The molecule has 0 saturated heterocycles. The highest BCUT2D eigenvalue weighted by Crippen LogP contribution is 2.59. The van der Waals surface area contributed by atoms with Crippen LogP contribution in [0.5, 0.6) is 0 Å². The number of nitrogens with zero attached hydrogens (tertiary/aromatic N) is 1. The fourth-order valence-electron chi connectivity index (χ4n) is 12.9. The Balaban J connectivity index is 1.05. The van der Waals surface area contributed by atoms with Gasteiger partial charge in [-0.15, -0.1) is 0 Å². The van der Waals surface area contributed by atoms with Crippen LogP contribution >= 0.6 is 0 Å². The first-order valence-corrected chi connectivity index (χ1v) is 23.9. The van der Waals surface area contributed by atoms with Crippen molar-refractivity contribution in [1.29, 1.82) is 0 Å². The molecule has 1 aromatic heterocycles. The summed E-state index contributed by atoms with van der Waals surface area (Å²) >= 11 is 0. The Hall–Kier alpha value is -8.20. The van der Waals surface area contributed by atoms with E-state index in [1.165, 1.54) is 83.5 Å². The Labute approximate surface area is 397 Å². The molecule has 0 atom stereocenters. The third-order valence-electron chi connectivity index (χ3n) is 16.0. The molecular formula is C66H47NO. The number of hydrogen-bond donors (Lipinski definition) is 0. The minimum atomic E-state index is -0.554. The maximum atomic E-state index is 7.51. The van der Waals surface area contributed by atoms with Crippen LogP contribution in [0.25, 0.3) is 55.3 Å². The normalized spacial score (nSPS) is 15.0. The van der Waals surface area contributed by atoms with Crippen LogP contribution in [0.15, 0.2) is 235 Å². The molecule has 11 aromatic rings. The summed E-state index contributed by atoms with van der Waals surface area (Å²) in [5.41, 5.74) is 23.0. The molecule has 0 bridgehead atoms. The lowest BCUT2D eigenvalue weighted by atomic mass is 9.67. The standard InChI is InChI=1S/C66H47NO/c1-64(2)54-30-14-10-24-46(54)50-38-36-44(40-59(50)64)67(45-37-39-51-49-27-13-17-33-57(49)66(60(51)41-45,42-20-6-4-7-21-42)43-22-8-5-9-23-43)61-35-19-29-53-52-28-18-34-58(62(52)68-63(53)61)65(3)55-31-15-11-25-47(55)48-26-12-16-32-56(48)65/h4-41H,1-3H3. The smallest absolute Gasteiger partial charge is 0.159 e. The number of anilines is 3. The van der Waals surface area contributed by atoms with E-state index < -0.39 is 10.8 Å². The van der Waals surface area contributed by atoms with Gasteiger partial charge in [0.15, 0.2) is 5.58 Å². The Bertz CT molecular complexity index is 3770. The highest BCUT2D eigenvalue weighted by molar-refractivity contribution is 6.12. The Morgan fingerprint density at radius 2 is 0.750 bits per heavy atom. The van der Waals surface area contributed by atoms with Crippen LogP contribution in [-0.4, -0.2) is 0 Å². The lowest BCUT2D eigenvalue weighted by Gasteiger charge is -2.35. The molecule has 10 aromatic carbocycles. The van der Waals surface area contributed by atoms with Gasteiger partial charge in [0.1, 0.15) is 5.58 Å². The molecule has 0 aliphatic heterocycles. The molecule has 0 amide bonds. The van der Waals surface area contributed by atoms with Crippen LogP contribution in [-0.2, 0) is 16.2 Å². The van der Waals surface area contributed by atoms with Crippen molar-refractivity contribution in [2.45, 2.75) is 37.0 Å². The van der Waals surface area contributed by atoms with Gasteiger partial charge < -0.3 is 9.32 Å². The average molecular weight is 870 g/mol. The van der Waals surface area contributed by atoms with E-state index in [1.807, 2.05) is 0 Å². The molecule has 3 aliphatic rings. The van der Waals surface area contributed by atoms with Gasteiger partial charge in [-0.3, -0.25) is 0 Å².